The highest BCUT2D eigenvalue weighted by molar-refractivity contribution is 5.92. The number of nitrogens with zero attached hydrogens (tertiary/aromatic N) is 2. The molecule has 1 aromatic rings. The summed E-state index contributed by atoms with van der Waals surface area (Å²) in [6, 6.07) is 0. The molecule has 0 atom stereocenters. The number of terminal acetylenes is 1. The molecule has 0 saturated heterocycles. The Morgan fingerprint density at radius 3 is 2.88 bits per heavy atom. The highest BCUT2D eigenvalue weighted by Crippen LogP contribution is 2.13. The Morgan fingerprint density at radius 2 is 2.41 bits per heavy atom. The molecule has 0 spiro atoms. The largest absolute Gasteiger partial charge is 0.435 e. The lowest BCUT2D eigenvalue weighted by molar-refractivity contribution is 0.0759. The van der Waals surface area contributed by atoms with Crippen LogP contribution in [0.3, 0.4) is 0 Å². The van der Waals surface area contributed by atoms with Gasteiger partial charge in [-0.3, -0.25) is 4.79 Å². The van der Waals surface area contributed by atoms with Crippen molar-refractivity contribution in [1.82, 2.24) is 9.88 Å². The van der Waals surface area contributed by atoms with Gasteiger partial charge in [-0.05, 0) is 6.92 Å². The summed E-state index contributed by atoms with van der Waals surface area (Å²) in [4.78, 5) is 17.8. The van der Waals surface area contributed by atoms with Crippen molar-refractivity contribution in [3.05, 3.63) is 30.0 Å². The zero-order chi connectivity index (χ0) is 12.8. The van der Waals surface area contributed by atoms with E-state index in [0.29, 0.717) is 24.6 Å². The van der Waals surface area contributed by atoms with Crippen LogP contribution >= 0.6 is 0 Å². The number of hydrogen-bond donors (Lipinski definition) is 0. The molecule has 0 aliphatic heterocycles. The highest BCUT2D eigenvalue weighted by Gasteiger charge is 2.21. The number of aromatic nitrogens is 1. The van der Waals surface area contributed by atoms with Gasteiger partial charge in [-0.1, -0.05) is 18.9 Å². The quantitative estimate of drug-likeness (QED) is 0.574. The van der Waals surface area contributed by atoms with Gasteiger partial charge in [-0.2, -0.15) is 0 Å². The first-order valence-electron chi connectivity index (χ1n) is 5.44. The van der Waals surface area contributed by atoms with Gasteiger partial charge in [-0.25, -0.2) is 4.98 Å². The highest BCUT2D eigenvalue weighted by atomic mass is 16.4. The third kappa shape index (κ3) is 2.97. The molecule has 0 aromatic carbocycles. The smallest absolute Gasteiger partial charge is 0.292 e. The summed E-state index contributed by atoms with van der Waals surface area (Å²) in [6.45, 7) is 7.88. The fourth-order valence-corrected chi connectivity index (χ4v) is 1.43. The van der Waals surface area contributed by atoms with Gasteiger partial charge < -0.3 is 9.32 Å². The lowest BCUT2D eigenvalue weighted by atomic mass is 10.3. The zero-order valence-electron chi connectivity index (χ0n) is 10.2. The van der Waals surface area contributed by atoms with E-state index < -0.39 is 0 Å². The molecule has 0 aliphatic rings. The molecule has 0 bridgehead atoms. The molecule has 0 aliphatic carbocycles. The fourth-order valence-electron chi connectivity index (χ4n) is 1.43. The predicted octanol–water partition coefficient (Wildman–Crippen LogP) is 1.81. The lowest BCUT2D eigenvalue weighted by Crippen LogP contribution is -2.31. The van der Waals surface area contributed by atoms with Gasteiger partial charge in [0.25, 0.3) is 5.91 Å². The van der Waals surface area contributed by atoms with Crippen molar-refractivity contribution >= 4 is 5.91 Å². The molecule has 1 heterocycles. The number of amides is 1. The minimum absolute atomic E-state index is 0.229. The van der Waals surface area contributed by atoms with Crippen LogP contribution in [0.5, 0.6) is 0 Å². The zero-order valence-corrected chi connectivity index (χ0v) is 10.2. The Hall–Kier alpha value is -2.02. The second-order valence-electron chi connectivity index (χ2n) is 3.55. The van der Waals surface area contributed by atoms with Gasteiger partial charge in [-0.15, -0.1) is 13.0 Å². The number of carbonyl (C=O) groups excluding carboxylic acids is 1. The minimum Gasteiger partial charge on any atom is -0.435 e. The number of rotatable bonds is 5. The molecule has 0 radical (unpaired) electrons. The Kier molecular flexibility index (Phi) is 4.53. The van der Waals surface area contributed by atoms with Gasteiger partial charge in [0.2, 0.25) is 5.76 Å². The summed E-state index contributed by atoms with van der Waals surface area (Å²) in [7, 11) is 0. The summed E-state index contributed by atoms with van der Waals surface area (Å²) in [5.41, 5.74) is 0.595. The van der Waals surface area contributed by atoms with Crippen LogP contribution in [0.4, 0.5) is 0 Å². The molecule has 17 heavy (non-hydrogen) atoms. The van der Waals surface area contributed by atoms with Crippen LogP contribution in [0.25, 0.3) is 0 Å². The standard InChI is InChI=1S/C13H16N2O2/c1-5-8-15(9-6-2)13(16)12-10(4)14-11(7-3)17-12/h1,6H,2,7-9H2,3-4H3. The lowest BCUT2D eigenvalue weighted by Gasteiger charge is -2.16. The summed E-state index contributed by atoms with van der Waals surface area (Å²) in [5, 5.41) is 0. The molecule has 1 aromatic heterocycles. The van der Waals surface area contributed by atoms with Crippen LogP contribution in [0, 0.1) is 19.3 Å². The molecule has 4 heteroatoms. The first kappa shape index (κ1) is 13.0. The molecule has 0 unspecified atom stereocenters. The molecule has 1 rings (SSSR count). The Labute approximate surface area is 101 Å². The van der Waals surface area contributed by atoms with E-state index in [1.807, 2.05) is 6.92 Å². The normalized spacial score (nSPS) is 9.71. The second-order valence-corrected chi connectivity index (χ2v) is 3.55. The molecular weight excluding hydrogens is 216 g/mol. The van der Waals surface area contributed by atoms with E-state index in [1.165, 1.54) is 4.90 Å². The van der Waals surface area contributed by atoms with E-state index in [1.54, 1.807) is 13.0 Å². The van der Waals surface area contributed by atoms with E-state index in [0.717, 1.165) is 0 Å². The third-order valence-corrected chi connectivity index (χ3v) is 2.26. The predicted molar refractivity (Wildman–Crippen MR) is 65.6 cm³/mol. The number of carbonyl (C=O) groups is 1. The van der Waals surface area contributed by atoms with Gasteiger partial charge in [0.15, 0.2) is 5.89 Å². The fraction of sp³-hybridized carbons (Fsp3) is 0.385. The first-order valence-corrected chi connectivity index (χ1v) is 5.44. The van der Waals surface area contributed by atoms with Crippen LogP contribution in [-0.4, -0.2) is 28.9 Å². The Balaban J connectivity index is 2.96. The van der Waals surface area contributed by atoms with Crippen molar-refractivity contribution in [2.75, 3.05) is 13.1 Å². The number of aryl methyl sites for hydroxylation is 2. The molecule has 0 N–H and O–H groups in total. The van der Waals surface area contributed by atoms with Crippen molar-refractivity contribution in [2.24, 2.45) is 0 Å². The van der Waals surface area contributed by atoms with Crippen molar-refractivity contribution in [3.8, 4) is 12.3 Å². The van der Waals surface area contributed by atoms with E-state index >= 15 is 0 Å². The van der Waals surface area contributed by atoms with E-state index in [-0.39, 0.29) is 18.2 Å². The Morgan fingerprint density at radius 1 is 1.71 bits per heavy atom. The maximum Gasteiger partial charge on any atom is 0.292 e. The second kappa shape index (κ2) is 5.90. The van der Waals surface area contributed by atoms with Crippen molar-refractivity contribution in [3.63, 3.8) is 0 Å². The Bertz CT molecular complexity index is 454. The molecule has 0 saturated carbocycles. The van der Waals surface area contributed by atoms with E-state index in [9.17, 15) is 4.79 Å². The van der Waals surface area contributed by atoms with Gasteiger partial charge >= 0.3 is 0 Å². The van der Waals surface area contributed by atoms with Crippen LogP contribution in [0.15, 0.2) is 17.1 Å². The summed E-state index contributed by atoms with van der Waals surface area (Å²) in [5.74, 6) is 3.02. The van der Waals surface area contributed by atoms with Gasteiger partial charge in [0, 0.05) is 13.0 Å². The molecule has 4 nitrogen and oxygen atoms in total. The van der Waals surface area contributed by atoms with Crippen molar-refractivity contribution in [2.45, 2.75) is 20.3 Å². The average molecular weight is 232 g/mol. The van der Waals surface area contributed by atoms with E-state index in [2.05, 4.69) is 17.5 Å². The van der Waals surface area contributed by atoms with Gasteiger partial charge in [0.1, 0.15) is 0 Å². The monoisotopic (exact) mass is 232 g/mol. The minimum atomic E-state index is -0.243. The van der Waals surface area contributed by atoms with Crippen LogP contribution in [0.2, 0.25) is 0 Å². The average Bonchev–Trinajstić information content (AvgIpc) is 2.69. The number of hydrogen-bond acceptors (Lipinski definition) is 3. The van der Waals surface area contributed by atoms with Crippen LogP contribution in [-0.2, 0) is 6.42 Å². The molecular formula is C13H16N2O2. The summed E-state index contributed by atoms with van der Waals surface area (Å²) < 4.78 is 5.39. The van der Waals surface area contributed by atoms with Crippen molar-refractivity contribution < 1.29 is 9.21 Å². The van der Waals surface area contributed by atoms with Crippen LogP contribution in [0.1, 0.15) is 29.1 Å². The molecule has 90 valence electrons. The van der Waals surface area contributed by atoms with Gasteiger partial charge in [0.05, 0.1) is 12.2 Å². The third-order valence-electron chi connectivity index (χ3n) is 2.26. The first-order chi connectivity index (χ1) is 8.13. The van der Waals surface area contributed by atoms with E-state index in [4.69, 9.17) is 10.8 Å². The topological polar surface area (TPSA) is 46.3 Å². The molecule has 1 amide bonds. The maximum absolute atomic E-state index is 12.1. The molecule has 0 fully saturated rings. The van der Waals surface area contributed by atoms with Crippen LogP contribution < -0.4 is 0 Å². The summed E-state index contributed by atoms with van der Waals surface area (Å²) >= 11 is 0. The van der Waals surface area contributed by atoms with Crippen molar-refractivity contribution in [1.29, 1.82) is 0 Å². The summed E-state index contributed by atoms with van der Waals surface area (Å²) in [6.07, 6.45) is 7.50. The SMILES string of the molecule is C#CCN(CC=C)C(=O)c1oc(CC)nc1C. The maximum atomic E-state index is 12.1. The number of oxazole rings is 1.